The maximum absolute atomic E-state index is 11.0. The summed E-state index contributed by atoms with van der Waals surface area (Å²) < 4.78 is 5.31. The lowest BCUT2D eigenvalue weighted by Gasteiger charge is -2.24. The van der Waals surface area contributed by atoms with Crippen LogP contribution in [0.4, 0.5) is 0 Å². The van der Waals surface area contributed by atoms with Crippen LogP contribution in [0.2, 0.25) is 0 Å². The van der Waals surface area contributed by atoms with Gasteiger partial charge in [0.1, 0.15) is 11.3 Å². The fourth-order valence-electron chi connectivity index (χ4n) is 1.87. The standard InChI is InChI=1S/C13H8O3/c14-13(15)11-10-7-6-9(12(11)16-10)8-4-2-1-3-5-8/h1-7H,(H,14,15). The number of rotatable bonds is 2. The van der Waals surface area contributed by atoms with E-state index < -0.39 is 5.97 Å². The summed E-state index contributed by atoms with van der Waals surface area (Å²) in [7, 11) is 0. The van der Waals surface area contributed by atoms with Crippen LogP contribution in [0.5, 0.6) is 11.5 Å². The van der Waals surface area contributed by atoms with Crippen molar-refractivity contribution >= 4 is 5.97 Å². The Morgan fingerprint density at radius 3 is 2.44 bits per heavy atom. The molecule has 2 aliphatic rings. The Morgan fingerprint density at radius 2 is 1.81 bits per heavy atom. The molecule has 0 aliphatic carbocycles. The highest BCUT2D eigenvalue weighted by atomic mass is 16.5. The Balaban J connectivity index is 2.19. The van der Waals surface area contributed by atoms with Crippen molar-refractivity contribution in [3.8, 4) is 22.6 Å². The third kappa shape index (κ3) is 1.11. The van der Waals surface area contributed by atoms with E-state index in [1.807, 2.05) is 36.4 Å². The molecule has 0 atom stereocenters. The average molecular weight is 212 g/mol. The summed E-state index contributed by atoms with van der Waals surface area (Å²) in [5, 5.41) is 9.00. The number of aromatic carboxylic acids is 1. The second-order valence-corrected chi connectivity index (χ2v) is 3.59. The first-order chi connectivity index (χ1) is 7.77. The van der Waals surface area contributed by atoms with Gasteiger partial charge < -0.3 is 9.84 Å². The smallest absolute Gasteiger partial charge is 0.343 e. The first-order valence-corrected chi connectivity index (χ1v) is 4.91. The molecule has 16 heavy (non-hydrogen) atoms. The summed E-state index contributed by atoms with van der Waals surface area (Å²) in [6, 6.07) is 13.2. The lowest BCUT2D eigenvalue weighted by molar-refractivity contribution is 0.0681. The van der Waals surface area contributed by atoms with Crippen LogP contribution in [-0.2, 0) is 0 Å². The maximum Gasteiger partial charge on any atom is 0.343 e. The van der Waals surface area contributed by atoms with Gasteiger partial charge in [-0.2, -0.15) is 0 Å². The van der Waals surface area contributed by atoms with E-state index in [-0.39, 0.29) is 5.56 Å². The molecule has 78 valence electrons. The Hall–Kier alpha value is -2.29. The molecule has 2 aromatic carbocycles. The van der Waals surface area contributed by atoms with Crippen LogP contribution in [0.1, 0.15) is 10.4 Å². The van der Waals surface area contributed by atoms with Gasteiger partial charge in [0.25, 0.3) is 0 Å². The minimum absolute atomic E-state index is 0.279. The fourth-order valence-corrected chi connectivity index (χ4v) is 1.87. The molecule has 2 bridgehead atoms. The Morgan fingerprint density at radius 1 is 1.06 bits per heavy atom. The molecule has 0 spiro atoms. The zero-order valence-corrected chi connectivity index (χ0v) is 8.31. The topological polar surface area (TPSA) is 46.5 Å². The van der Waals surface area contributed by atoms with Crippen LogP contribution >= 0.6 is 0 Å². The molecule has 0 saturated carbocycles. The van der Waals surface area contributed by atoms with E-state index in [1.54, 1.807) is 6.07 Å². The number of carboxylic acids is 1. The van der Waals surface area contributed by atoms with E-state index >= 15 is 0 Å². The van der Waals surface area contributed by atoms with Crippen molar-refractivity contribution in [2.75, 3.05) is 0 Å². The summed E-state index contributed by atoms with van der Waals surface area (Å²) in [5.74, 6) is -0.0209. The highest BCUT2D eigenvalue weighted by Crippen LogP contribution is 2.48. The number of fused-ring (bicyclic) bond motifs is 2. The van der Waals surface area contributed by atoms with E-state index in [0.717, 1.165) is 11.1 Å². The number of hydrogen-bond acceptors (Lipinski definition) is 2. The molecule has 0 aromatic heterocycles. The van der Waals surface area contributed by atoms with Crippen LogP contribution in [-0.4, -0.2) is 11.1 Å². The van der Waals surface area contributed by atoms with Gasteiger partial charge in [-0.1, -0.05) is 30.3 Å². The van der Waals surface area contributed by atoms with E-state index in [2.05, 4.69) is 0 Å². The quantitative estimate of drug-likeness (QED) is 0.709. The van der Waals surface area contributed by atoms with E-state index in [1.165, 1.54) is 0 Å². The van der Waals surface area contributed by atoms with Gasteiger partial charge in [0.15, 0.2) is 5.75 Å². The van der Waals surface area contributed by atoms with Gasteiger partial charge in [0, 0.05) is 5.56 Å². The highest BCUT2D eigenvalue weighted by Gasteiger charge is 2.30. The SMILES string of the molecule is O=C(O)c1c2ccc(-c3ccccc3)c1O2. The number of ether oxygens (including phenoxy) is 1. The van der Waals surface area contributed by atoms with Gasteiger partial charge in [-0.15, -0.1) is 0 Å². The molecular weight excluding hydrogens is 204 g/mol. The zero-order chi connectivity index (χ0) is 11.1. The van der Waals surface area contributed by atoms with Crippen LogP contribution in [0.3, 0.4) is 0 Å². The first kappa shape index (κ1) is 8.97. The molecule has 3 nitrogen and oxygen atoms in total. The van der Waals surface area contributed by atoms with Gasteiger partial charge in [-0.25, -0.2) is 4.79 Å². The highest BCUT2D eigenvalue weighted by molar-refractivity contribution is 6.00. The van der Waals surface area contributed by atoms with E-state index in [0.29, 0.717) is 11.5 Å². The molecule has 4 rings (SSSR count). The minimum atomic E-state index is -0.936. The third-order valence-corrected chi connectivity index (χ3v) is 2.63. The number of benzene rings is 2. The molecule has 1 N–H and O–H groups in total. The zero-order valence-electron chi connectivity index (χ0n) is 8.31. The monoisotopic (exact) mass is 212 g/mol. The predicted octanol–water partition coefficient (Wildman–Crippen LogP) is 3.16. The Bertz CT molecular complexity index is 573. The number of hydrogen-bond donors (Lipinski definition) is 1. The van der Waals surface area contributed by atoms with Crippen molar-refractivity contribution in [3.05, 3.63) is 48.0 Å². The molecule has 2 heterocycles. The van der Waals surface area contributed by atoms with E-state index in [9.17, 15) is 4.79 Å². The van der Waals surface area contributed by atoms with Crippen LogP contribution < -0.4 is 4.74 Å². The van der Waals surface area contributed by atoms with Gasteiger partial charge >= 0.3 is 5.97 Å². The third-order valence-electron chi connectivity index (χ3n) is 2.63. The van der Waals surface area contributed by atoms with E-state index in [4.69, 9.17) is 9.84 Å². The number of carbonyl (C=O) groups is 1. The summed E-state index contributed by atoms with van der Waals surface area (Å²) in [4.78, 5) is 11.0. The van der Waals surface area contributed by atoms with Gasteiger partial charge in [0.2, 0.25) is 0 Å². The van der Waals surface area contributed by atoms with Crippen molar-refractivity contribution in [2.24, 2.45) is 0 Å². The molecule has 0 fully saturated rings. The van der Waals surface area contributed by atoms with Crippen LogP contribution in [0.25, 0.3) is 11.1 Å². The second-order valence-electron chi connectivity index (χ2n) is 3.59. The van der Waals surface area contributed by atoms with Gasteiger partial charge in [0.05, 0.1) is 0 Å². The summed E-state index contributed by atoms with van der Waals surface area (Å²) in [6.45, 7) is 0. The van der Waals surface area contributed by atoms with Gasteiger partial charge in [-0.05, 0) is 17.7 Å². The lowest BCUT2D eigenvalue weighted by atomic mass is 9.97. The van der Waals surface area contributed by atoms with Crippen molar-refractivity contribution in [2.45, 2.75) is 0 Å². The maximum atomic E-state index is 11.0. The first-order valence-electron chi connectivity index (χ1n) is 4.91. The van der Waals surface area contributed by atoms with Crippen molar-refractivity contribution in [1.29, 1.82) is 0 Å². The average Bonchev–Trinajstić information content (AvgIpc) is 2.29. The van der Waals surface area contributed by atoms with Crippen LogP contribution in [0, 0.1) is 0 Å². The molecular formula is C13H8O3. The second kappa shape index (κ2) is 3.10. The minimum Gasteiger partial charge on any atom is -0.477 e. The van der Waals surface area contributed by atoms with Crippen molar-refractivity contribution < 1.29 is 14.6 Å². The molecule has 0 amide bonds. The molecule has 3 heteroatoms. The normalized spacial score (nSPS) is 11.5. The lowest BCUT2D eigenvalue weighted by Crippen LogP contribution is -2.12. The van der Waals surface area contributed by atoms with Crippen molar-refractivity contribution in [3.63, 3.8) is 0 Å². The van der Waals surface area contributed by atoms with Crippen molar-refractivity contribution in [1.82, 2.24) is 0 Å². The molecule has 0 unspecified atom stereocenters. The Kier molecular flexibility index (Phi) is 1.74. The summed E-state index contributed by atoms with van der Waals surface area (Å²) in [5.41, 5.74) is 2.07. The Labute approximate surface area is 91.9 Å². The molecule has 0 radical (unpaired) electrons. The molecule has 2 aromatic rings. The molecule has 2 aliphatic heterocycles. The predicted molar refractivity (Wildman–Crippen MR) is 58.9 cm³/mol. The molecule has 0 saturated heterocycles. The summed E-state index contributed by atoms with van der Waals surface area (Å²) >= 11 is 0. The number of carboxylic acid groups (broad SMARTS) is 1. The largest absolute Gasteiger partial charge is 0.477 e. The fraction of sp³-hybridized carbons (Fsp3) is 0. The van der Waals surface area contributed by atoms with Gasteiger partial charge in [-0.3, -0.25) is 0 Å². The van der Waals surface area contributed by atoms with Crippen LogP contribution in [0.15, 0.2) is 42.5 Å². The summed E-state index contributed by atoms with van der Waals surface area (Å²) in [6.07, 6.45) is 0.